The second-order valence-corrected chi connectivity index (χ2v) is 5.66. The molecular weight excluding hydrogens is 312 g/mol. The van der Waals surface area contributed by atoms with Crippen LogP contribution in [0.1, 0.15) is 27.3 Å². The predicted octanol–water partition coefficient (Wildman–Crippen LogP) is 2.78. The Morgan fingerprint density at radius 2 is 2.00 bits per heavy atom. The molecule has 3 rings (SSSR count). The minimum Gasteiger partial charge on any atom is -0.352 e. The van der Waals surface area contributed by atoms with Crippen LogP contribution >= 0.6 is 0 Å². The Morgan fingerprint density at radius 3 is 2.80 bits per heavy atom. The molecule has 0 spiro atoms. The Kier molecular flexibility index (Phi) is 5.22. The molecule has 3 aromatic rings. The van der Waals surface area contributed by atoms with Crippen LogP contribution in [-0.4, -0.2) is 22.0 Å². The van der Waals surface area contributed by atoms with Gasteiger partial charge in [0.15, 0.2) is 0 Å². The highest BCUT2D eigenvalue weighted by Gasteiger charge is 2.08. The number of aromatic nitrogens is 2. The van der Waals surface area contributed by atoms with Crippen LogP contribution in [0.5, 0.6) is 0 Å². The maximum Gasteiger partial charge on any atom is 0.251 e. The topological polar surface area (TPSA) is 70.7 Å². The second-order valence-electron chi connectivity index (χ2n) is 5.66. The van der Waals surface area contributed by atoms with E-state index in [4.69, 9.17) is 5.26 Å². The van der Waals surface area contributed by atoms with Crippen LogP contribution in [0.2, 0.25) is 0 Å². The number of benzene rings is 2. The normalized spacial score (nSPS) is 10.2. The Morgan fingerprint density at radius 1 is 1.16 bits per heavy atom. The van der Waals surface area contributed by atoms with Gasteiger partial charge in [0.2, 0.25) is 0 Å². The first kappa shape index (κ1) is 16.5. The first-order chi connectivity index (χ1) is 12.3. The molecule has 0 fully saturated rings. The molecule has 0 saturated heterocycles. The zero-order valence-electron chi connectivity index (χ0n) is 13.7. The summed E-state index contributed by atoms with van der Waals surface area (Å²) >= 11 is 0. The van der Waals surface area contributed by atoms with E-state index in [1.165, 1.54) is 5.56 Å². The quantitative estimate of drug-likeness (QED) is 0.755. The number of nitrogens with one attached hydrogen (secondary N) is 1. The van der Waals surface area contributed by atoms with Crippen molar-refractivity contribution in [2.24, 2.45) is 0 Å². The molecule has 1 amide bonds. The summed E-state index contributed by atoms with van der Waals surface area (Å²) in [6.07, 6.45) is 4.36. The van der Waals surface area contributed by atoms with Crippen molar-refractivity contribution in [3.63, 3.8) is 0 Å². The summed E-state index contributed by atoms with van der Waals surface area (Å²) in [5.74, 6) is 0.744. The molecular formula is C20H18N4O. The minimum atomic E-state index is -0.182. The zero-order valence-corrected chi connectivity index (χ0v) is 13.7. The van der Waals surface area contributed by atoms with E-state index in [0.717, 1.165) is 12.4 Å². The average Bonchev–Trinajstić information content (AvgIpc) is 3.09. The number of hydrogen-bond acceptors (Lipinski definition) is 3. The van der Waals surface area contributed by atoms with Gasteiger partial charge in [-0.15, -0.1) is 0 Å². The molecule has 0 atom stereocenters. The highest BCUT2D eigenvalue weighted by atomic mass is 16.1. The molecule has 2 aromatic carbocycles. The molecule has 5 heteroatoms. The van der Waals surface area contributed by atoms with Gasteiger partial charge in [-0.05, 0) is 23.8 Å². The molecule has 0 unspecified atom stereocenters. The molecule has 25 heavy (non-hydrogen) atoms. The van der Waals surface area contributed by atoms with Crippen molar-refractivity contribution in [2.75, 3.05) is 6.54 Å². The lowest BCUT2D eigenvalue weighted by atomic mass is 10.1. The average molecular weight is 330 g/mol. The Labute approximate surface area is 146 Å². The first-order valence-electron chi connectivity index (χ1n) is 8.08. The van der Waals surface area contributed by atoms with Crippen molar-refractivity contribution < 1.29 is 4.79 Å². The monoisotopic (exact) mass is 330 g/mol. The highest BCUT2D eigenvalue weighted by molar-refractivity contribution is 5.94. The third-order valence-corrected chi connectivity index (χ3v) is 3.89. The van der Waals surface area contributed by atoms with E-state index in [1.54, 1.807) is 30.5 Å². The molecule has 0 aliphatic heterocycles. The van der Waals surface area contributed by atoms with E-state index < -0.39 is 0 Å². The Bertz CT molecular complexity index is 893. The summed E-state index contributed by atoms with van der Waals surface area (Å²) in [6, 6.07) is 18.9. The fraction of sp³-hybridized carbons (Fsp3) is 0.150. The molecule has 5 nitrogen and oxygen atoms in total. The van der Waals surface area contributed by atoms with Crippen LogP contribution < -0.4 is 5.32 Å². The lowest BCUT2D eigenvalue weighted by molar-refractivity contribution is 0.0954. The van der Waals surface area contributed by atoms with E-state index >= 15 is 0 Å². The molecule has 1 heterocycles. The number of nitrogens with zero attached hydrogens (tertiary/aromatic N) is 3. The van der Waals surface area contributed by atoms with E-state index in [-0.39, 0.29) is 5.91 Å². The van der Waals surface area contributed by atoms with Crippen molar-refractivity contribution in [2.45, 2.75) is 13.0 Å². The summed E-state index contributed by atoms with van der Waals surface area (Å²) in [5.41, 5.74) is 2.18. The summed E-state index contributed by atoms with van der Waals surface area (Å²) in [5, 5.41) is 11.8. The third kappa shape index (κ3) is 4.33. The molecule has 0 bridgehead atoms. The van der Waals surface area contributed by atoms with Crippen LogP contribution in [0.4, 0.5) is 0 Å². The third-order valence-electron chi connectivity index (χ3n) is 3.89. The SMILES string of the molecule is N#Cc1cccc(C(=O)NCCc2nccn2Cc2ccccc2)c1. The first-order valence-corrected chi connectivity index (χ1v) is 8.08. The number of imidazole rings is 1. The zero-order chi connectivity index (χ0) is 17.5. The van der Waals surface area contributed by atoms with Crippen molar-refractivity contribution in [1.82, 2.24) is 14.9 Å². The summed E-state index contributed by atoms with van der Waals surface area (Å²) in [6.45, 7) is 1.25. The van der Waals surface area contributed by atoms with Crippen molar-refractivity contribution in [3.8, 4) is 6.07 Å². The fourth-order valence-electron chi connectivity index (χ4n) is 2.61. The van der Waals surface area contributed by atoms with Crippen LogP contribution in [-0.2, 0) is 13.0 Å². The van der Waals surface area contributed by atoms with Crippen LogP contribution in [0.3, 0.4) is 0 Å². The molecule has 0 saturated carbocycles. The molecule has 124 valence electrons. The van der Waals surface area contributed by atoms with Gasteiger partial charge in [-0.2, -0.15) is 5.26 Å². The molecule has 1 N–H and O–H groups in total. The number of hydrogen-bond donors (Lipinski definition) is 1. The van der Waals surface area contributed by atoms with Gasteiger partial charge in [0.25, 0.3) is 5.91 Å². The molecule has 0 aliphatic rings. The predicted molar refractivity (Wildman–Crippen MR) is 95.0 cm³/mol. The maximum atomic E-state index is 12.2. The second kappa shape index (κ2) is 7.93. The van der Waals surface area contributed by atoms with Crippen LogP contribution in [0.15, 0.2) is 67.0 Å². The smallest absolute Gasteiger partial charge is 0.251 e. The van der Waals surface area contributed by atoms with Crippen molar-refractivity contribution >= 4 is 5.91 Å². The van der Waals surface area contributed by atoms with Gasteiger partial charge in [0, 0.05) is 37.5 Å². The molecule has 1 aromatic heterocycles. The van der Waals surface area contributed by atoms with E-state index in [2.05, 4.69) is 27.0 Å². The number of nitriles is 1. The van der Waals surface area contributed by atoms with Gasteiger partial charge in [0.1, 0.15) is 5.82 Å². The number of rotatable bonds is 6. The molecule has 0 radical (unpaired) electrons. The summed E-state index contributed by atoms with van der Waals surface area (Å²) in [4.78, 5) is 16.5. The Balaban J connectivity index is 1.57. The van der Waals surface area contributed by atoms with Gasteiger partial charge in [-0.1, -0.05) is 36.4 Å². The largest absolute Gasteiger partial charge is 0.352 e. The lowest BCUT2D eigenvalue weighted by Crippen LogP contribution is -2.26. The summed E-state index contributed by atoms with van der Waals surface area (Å²) < 4.78 is 2.08. The van der Waals surface area contributed by atoms with Crippen LogP contribution in [0, 0.1) is 11.3 Å². The summed E-state index contributed by atoms with van der Waals surface area (Å²) in [7, 11) is 0. The van der Waals surface area contributed by atoms with Crippen LogP contribution in [0.25, 0.3) is 0 Å². The maximum absolute atomic E-state index is 12.2. The van der Waals surface area contributed by atoms with Gasteiger partial charge in [-0.25, -0.2) is 4.98 Å². The van der Waals surface area contributed by atoms with Crippen molar-refractivity contribution in [3.05, 3.63) is 89.5 Å². The fourth-order valence-corrected chi connectivity index (χ4v) is 2.61. The van der Waals surface area contributed by atoms with Gasteiger partial charge in [-0.3, -0.25) is 4.79 Å². The van der Waals surface area contributed by atoms with Gasteiger partial charge in [0.05, 0.1) is 11.6 Å². The number of amides is 1. The minimum absolute atomic E-state index is 0.182. The lowest BCUT2D eigenvalue weighted by Gasteiger charge is -2.09. The highest BCUT2D eigenvalue weighted by Crippen LogP contribution is 2.07. The van der Waals surface area contributed by atoms with Gasteiger partial charge < -0.3 is 9.88 Å². The number of carbonyl (C=O) groups excluding carboxylic acids is 1. The van der Waals surface area contributed by atoms with E-state index in [0.29, 0.717) is 24.1 Å². The van der Waals surface area contributed by atoms with Gasteiger partial charge >= 0.3 is 0 Å². The molecule has 0 aliphatic carbocycles. The van der Waals surface area contributed by atoms with E-state index in [1.807, 2.05) is 30.5 Å². The number of carbonyl (C=O) groups is 1. The van der Waals surface area contributed by atoms with E-state index in [9.17, 15) is 4.79 Å². The van der Waals surface area contributed by atoms with Crippen molar-refractivity contribution in [1.29, 1.82) is 5.26 Å². The standard InChI is InChI=1S/C20H18N4O/c21-14-17-7-4-8-18(13-17)20(25)23-10-9-19-22-11-12-24(19)15-16-5-2-1-3-6-16/h1-8,11-13H,9-10,15H2,(H,23,25). The Hall–Kier alpha value is -3.39.